The summed E-state index contributed by atoms with van der Waals surface area (Å²) in [5.74, 6) is 1.19. The Morgan fingerprint density at radius 1 is 1.29 bits per heavy atom. The van der Waals surface area contributed by atoms with E-state index >= 15 is 0 Å². The van der Waals surface area contributed by atoms with E-state index in [2.05, 4.69) is 0 Å². The van der Waals surface area contributed by atoms with Crippen molar-refractivity contribution in [3.05, 3.63) is 33.8 Å². The van der Waals surface area contributed by atoms with Crippen molar-refractivity contribution in [2.45, 2.75) is 31.8 Å². The first-order valence-corrected chi connectivity index (χ1v) is 8.17. The molecule has 2 N–H and O–H groups in total. The fourth-order valence-corrected chi connectivity index (χ4v) is 4.27. The maximum absolute atomic E-state index is 12.7. The predicted octanol–water partition coefficient (Wildman–Crippen LogP) is 3.33. The summed E-state index contributed by atoms with van der Waals surface area (Å²) in [6, 6.07) is 5.51. The molecular formula is C16H20Cl2N2O. The summed E-state index contributed by atoms with van der Waals surface area (Å²) >= 11 is 11.9. The van der Waals surface area contributed by atoms with Crippen LogP contribution in [0.1, 0.15) is 24.8 Å². The first-order chi connectivity index (χ1) is 9.97. The van der Waals surface area contributed by atoms with Crippen LogP contribution >= 0.6 is 23.2 Å². The third kappa shape index (κ3) is 2.79. The number of carbonyl (C=O) groups excluding carboxylic acids is 1. The molecule has 3 nitrogen and oxygen atoms in total. The molecule has 114 valence electrons. The average molecular weight is 327 g/mol. The molecule has 3 rings (SSSR count). The molecular weight excluding hydrogens is 307 g/mol. The van der Waals surface area contributed by atoms with Crippen LogP contribution in [0.3, 0.4) is 0 Å². The maximum atomic E-state index is 12.7. The second kappa shape index (κ2) is 5.79. The van der Waals surface area contributed by atoms with Crippen LogP contribution in [-0.4, -0.2) is 23.9 Å². The van der Waals surface area contributed by atoms with Crippen LogP contribution in [0.5, 0.6) is 0 Å². The molecule has 0 radical (unpaired) electrons. The molecule has 5 heteroatoms. The predicted molar refractivity (Wildman–Crippen MR) is 85.2 cm³/mol. The fraction of sp³-hybridized carbons (Fsp3) is 0.562. The molecule has 0 aliphatic heterocycles. The van der Waals surface area contributed by atoms with Gasteiger partial charge >= 0.3 is 0 Å². The Bertz CT molecular complexity index is 561. The largest absolute Gasteiger partial charge is 0.341 e. The van der Waals surface area contributed by atoms with Crippen LogP contribution in [0.4, 0.5) is 0 Å². The number of halogens is 2. The molecule has 1 aromatic carbocycles. The summed E-state index contributed by atoms with van der Waals surface area (Å²) in [6.07, 6.45) is 3.46. The van der Waals surface area contributed by atoms with Crippen molar-refractivity contribution in [2.75, 3.05) is 7.05 Å². The van der Waals surface area contributed by atoms with Crippen molar-refractivity contribution in [3.63, 3.8) is 0 Å². The molecule has 0 aromatic heterocycles. The zero-order chi connectivity index (χ0) is 15.1. The van der Waals surface area contributed by atoms with Crippen LogP contribution in [0.15, 0.2) is 18.2 Å². The van der Waals surface area contributed by atoms with Gasteiger partial charge in [-0.3, -0.25) is 4.79 Å². The van der Waals surface area contributed by atoms with Crippen LogP contribution in [0, 0.1) is 17.8 Å². The standard InChI is InChI=1S/C16H20Cl2N2O/c1-20(8-9-2-5-12(17)13(18)6-9)16(21)14-10-3-4-11(7-10)15(14)19/h2,5-6,10-11,14-15H,3-4,7-8,19H2,1H3. The Morgan fingerprint density at radius 2 is 2.00 bits per heavy atom. The lowest BCUT2D eigenvalue weighted by Gasteiger charge is -2.31. The van der Waals surface area contributed by atoms with Crippen LogP contribution in [0.2, 0.25) is 10.0 Å². The molecule has 4 atom stereocenters. The van der Waals surface area contributed by atoms with Crippen molar-refractivity contribution in [2.24, 2.45) is 23.5 Å². The molecule has 1 amide bonds. The van der Waals surface area contributed by atoms with Crippen molar-refractivity contribution in [1.82, 2.24) is 4.90 Å². The van der Waals surface area contributed by atoms with Gasteiger partial charge in [0.1, 0.15) is 0 Å². The van der Waals surface area contributed by atoms with Gasteiger partial charge < -0.3 is 10.6 Å². The SMILES string of the molecule is CN(Cc1ccc(Cl)c(Cl)c1)C(=O)C1C2CCC(C2)C1N. The summed E-state index contributed by atoms with van der Waals surface area (Å²) in [6.45, 7) is 0.538. The minimum absolute atomic E-state index is 0.00322. The topological polar surface area (TPSA) is 46.3 Å². The number of nitrogens with zero attached hydrogens (tertiary/aromatic N) is 1. The molecule has 0 spiro atoms. The lowest BCUT2D eigenvalue weighted by molar-refractivity contribution is -0.137. The van der Waals surface area contributed by atoms with E-state index in [4.69, 9.17) is 28.9 Å². The molecule has 1 aromatic rings. The molecule has 2 bridgehead atoms. The van der Waals surface area contributed by atoms with Gasteiger partial charge in [-0.05, 0) is 48.8 Å². The third-order valence-corrected chi connectivity index (χ3v) is 5.78. The van der Waals surface area contributed by atoms with E-state index in [9.17, 15) is 4.79 Å². The lowest BCUT2D eigenvalue weighted by Crippen LogP contribution is -2.45. The highest BCUT2D eigenvalue weighted by atomic mass is 35.5. The Labute approximate surface area is 135 Å². The van der Waals surface area contributed by atoms with Crippen molar-refractivity contribution in [1.29, 1.82) is 0 Å². The van der Waals surface area contributed by atoms with E-state index in [1.807, 2.05) is 19.2 Å². The molecule has 2 saturated carbocycles. The smallest absolute Gasteiger partial charge is 0.227 e. The number of benzene rings is 1. The number of rotatable bonds is 3. The van der Waals surface area contributed by atoms with Gasteiger partial charge in [-0.2, -0.15) is 0 Å². The quantitative estimate of drug-likeness (QED) is 0.926. The normalized spacial score (nSPS) is 30.7. The summed E-state index contributed by atoms with van der Waals surface area (Å²) in [4.78, 5) is 14.5. The van der Waals surface area contributed by atoms with Crippen molar-refractivity contribution in [3.8, 4) is 0 Å². The van der Waals surface area contributed by atoms with Gasteiger partial charge in [0.25, 0.3) is 0 Å². The average Bonchev–Trinajstić information content (AvgIpc) is 3.03. The van der Waals surface area contributed by atoms with Crippen LogP contribution < -0.4 is 5.73 Å². The first-order valence-electron chi connectivity index (χ1n) is 7.42. The highest BCUT2D eigenvalue weighted by Crippen LogP contribution is 2.48. The highest BCUT2D eigenvalue weighted by Gasteiger charge is 2.49. The molecule has 2 aliphatic rings. The molecule has 4 unspecified atom stereocenters. The zero-order valence-electron chi connectivity index (χ0n) is 12.1. The molecule has 0 heterocycles. The van der Waals surface area contributed by atoms with E-state index < -0.39 is 0 Å². The summed E-state index contributed by atoms with van der Waals surface area (Å²) in [5, 5.41) is 1.05. The number of amides is 1. The number of fused-ring (bicyclic) bond motifs is 2. The summed E-state index contributed by atoms with van der Waals surface area (Å²) in [5.41, 5.74) is 7.24. The number of hydrogen-bond acceptors (Lipinski definition) is 2. The molecule has 2 aliphatic carbocycles. The Balaban J connectivity index is 1.69. The maximum Gasteiger partial charge on any atom is 0.227 e. The van der Waals surface area contributed by atoms with Gasteiger partial charge in [0, 0.05) is 19.6 Å². The Hall–Kier alpha value is -0.770. The monoisotopic (exact) mass is 326 g/mol. The summed E-state index contributed by atoms with van der Waals surface area (Å²) < 4.78 is 0. The summed E-state index contributed by atoms with van der Waals surface area (Å²) in [7, 11) is 1.84. The fourth-order valence-electron chi connectivity index (χ4n) is 3.95. The van der Waals surface area contributed by atoms with Gasteiger partial charge in [-0.25, -0.2) is 0 Å². The first kappa shape index (κ1) is 15.1. The number of carbonyl (C=O) groups is 1. The lowest BCUT2D eigenvalue weighted by atomic mass is 9.84. The Kier molecular flexibility index (Phi) is 4.17. The van der Waals surface area contributed by atoms with Gasteiger partial charge in [0.05, 0.1) is 16.0 Å². The second-order valence-electron chi connectivity index (χ2n) is 6.38. The molecule has 21 heavy (non-hydrogen) atoms. The van der Waals surface area contributed by atoms with E-state index in [0.717, 1.165) is 18.4 Å². The minimum Gasteiger partial charge on any atom is -0.341 e. The molecule has 0 saturated heterocycles. The molecule has 2 fully saturated rings. The van der Waals surface area contributed by atoms with E-state index in [-0.39, 0.29) is 17.9 Å². The second-order valence-corrected chi connectivity index (χ2v) is 7.19. The highest BCUT2D eigenvalue weighted by molar-refractivity contribution is 6.42. The third-order valence-electron chi connectivity index (χ3n) is 5.05. The van der Waals surface area contributed by atoms with E-state index in [0.29, 0.717) is 28.4 Å². The van der Waals surface area contributed by atoms with Gasteiger partial charge in [0.15, 0.2) is 0 Å². The van der Waals surface area contributed by atoms with Crippen molar-refractivity contribution >= 4 is 29.1 Å². The zero-order valence-corrected chi connectivity index (χ0v) is 13.6. The van der Waals surface area contributed by atoms with E-state index in [1.165, 1.54) is 6.42 Å². The van der Waals surface area contributed by atoms with Gasteiger partial charge in [-0.15, -0.1) is 0 Å². The number of hydrogen-bond donors (Lipinski definition) is 1. The van der Waals surface area contributed by atoms with Crippen molar-refractivity contribution < 1.29 is 4.79 Å². The van der Waals surface area contributed by atoms with Crippen LogP contribution in [-0.2, 0) is 11.3 Å². The number of nitrogens with two attached hydrogens (primary N) is 1. The minimum atomic E-state index is -0.00322. The van der Waals surface area contributed by atoms with Crippen LogP contribution in [0.25, 0.3) is 0 Å². The van der Waals surface area contributed by atoms with E-state index in [1.54, 1.807) is 11.0 Å². The Morgan fingerprint density at radius 3 is 2.62 bits per heavy atom. The van der Waals surface area contributed by atoms with Gasteiger partial charge in [-0.1, -0.05) is 29.3 Å². The van der Waals surface area contributed by atoms with Gasteiger partial charge in [0.2, 0.25) is 5.91 Å².